The molecule has 0 spiro atoms. The zero-order valence-electron chi connectivity index (χ0n) is 10.2. The van der Waals surface area contributed by atoms with E-state index in [1.165, 1.54) is 0 Å². The number of rotatable bonds is 2. The number of pyridine rings is 1. The second-order valence-corrected chi connectivity index (χ2v) is 4.68. The van der Waals surface area contributed by atoms with Crippen molar-refractivity contribution in [2.45, 2.75) is 18.9 Å². The molecule has 0 radical (unpaired) electrons. The molecule has 1 saturated heterocycles. The molecule has 0 bridgehead atoms. The molecule has 18 heavy (non-hydrogen) atoms. The predicted molar refractivity (Wildman–Crippen MR) is 73.6 cm³/mol. The van der Waals surface area contributed by atoms with Crippen molar-refractivity contribution in [2.24, 2.45) is 0 Å². The summed E-state index contributed by atoms with van der Waals surface area (Å²) in [5.41, 5.74) is 7.84. The smallest absolute Gasteiger partial charge is 0.0667 e. The summed E-state index contributed by atoms with van der Waals surface area (Å²) in [5.74, 6) is 0. The van der Waals surface area contributed by atoms with Crippen molar-refractivity contribution in [3.05, 3.63) is 30.6 Å². The number of hydrogen-bond acceptors (Lipinski definition) is 4. The fourth-order valence-corrected chi connectivity index (χ4v) is 2.41. The van der Waals surface area contributed by atoms with E-state index in [1.807, 2.05) is 24.4 Å². The molecule has 4 nitrogen and oxygen atoms in total. The van der Waals surface area contributed by atoms with E-state index < -0.39 is 0 Å². The first-order chi connectivity index (χ1) is 8.84. The number of aromatic nitrogens is 1. The molecule has 1 aromatic heterocycles. The molecule has 3 rings (SSSR count). The standard InChI is InChI=1S/C14H17N3O/c15-13-3-4-14(11-5-6-16-8-12(11)13)17-10-2-1-7-18-9-10/h3-6,8,10,17H,1-2,7,9,15H2. The molecular formula is C14H17N3O. The Bertz CT molecular complexity index is 550. The summed E-state index contributed by atoms with van der Waals surface area (Å²) in [4.78, 5) is 4.13. The Morgan fingerprint density at radius 3 is 3.06 bits per heavy atom. The minimum absolute atomic E-state index is 0.388. The van der Waals surface area contributed by atoms with Gasteiger partial charge in [-0.3, -0.25) is 4.98 Å². The highest BCUT2D eigenvalue weighted by Gasteiger charge is 2.14. The first-order valence-corrected chi connectivity index (χ1v) is 6.31. The van der Waals surface area contributed by atoms with Gasteiger partial charge >= 0.3 is 0 Å². The molecule has 2 heterocycles. The van der Waals surface area contributed by atoms with Gasteiger partial charge in [0, 0.05) is 47.2 Å². The van der Waals surface area contributed by atoms with Crippen molar-refractivity contribution >= 4 is 22.1 Å². The fourth-order valence-electron chi connectivity index (χ4n) is 2.41. The quantitative estimate of drug-likeness (QED) is 0.795. The molecule has 94 valence electrons. The molecule has 3 N–H and O–H groups in total. The summed E-state index contributed by atoms with van der Waals surface area (Å²) in [6, 6.07) is 6.35. The summed E-state index contributed by atoms with van der Waals surface area (Å²) in [7, 11) is 0. The number of nitrogen functional groups attached to an aromatic ring is 1. The summed E-state index contributed by atoms with van der Waals surface area (Å²) >= 11 is 0. The van der Waals surface area contributed by atoms with Crippen LogP contribution in [0.15, 0.2) is 30.6 Å². The van der Waals surface area contributed by atoms with Gasteiger partial charge in [-0.25, -0.2) is 0 Å². The van der Waals surface area contributed by atoms with Gasteiger partial charge in [-0.05, 0) is 31.0 Å². The number of ether oxygens (including phenoxy) is 1. The van der Waals surface area contributed by atoms with Crippen LogP contribution in [0.2, 0.25) is 0 Å². The first-order valence-electron chi connectivity index (χ1n) is 6.31. The SMILES string of the molecule is Nc1ccc(NC2CCCOC2)c2ccncc12. The molecule has 1 aromatic carbocycles. The Balaban J connectivity index is 1.94. The average molecular weight is 243 g/mol. The summed E-state index contributed by atoms with van der Waals surface area (Å²) in [6.45, 7) is 1.65. The van der Waals surface area contributed by atoms with Gasteiger partial charge in [-0.2, -0.15) is 0 Å². The third-order valence-corrected chi connectivity index (χ3v) is 3.37. The molecule has 0 saturated carbocycles. The van der Waals surface area contributed by atoms with Gasteiger partial charge in [-0.1, -0.05) is 0 Å². The summed E-state index contributed by atoms with van der Waals surface area (Å²) < 4.78 is 5.49. The number of benzene rings is 1. The molecular weight excluding hydrogens is 226 g/mol. The van der Waals surface area contributed by atoms with Crippen molar-refractivity contribution < 1.29 is 4.74 Å². The zero-order chi connectivity index (χ0) is 12.4. The van der Waals surface area contributed by atoms with Gasteiger partial charge in [0.1, 0.15) is 0 Å². The van der Waals surface area contributed by atoms with Crippen LogP contribution in [0.1, 0.15) is 12.8 Å². The van der Waals surface area contributed by atoms with Gasteiger partial charge in [0.05, 0.1) is 6.61 Å². The van der Waals surface area contributed by atoms with Crippen molar-refractivity contribution in [3.63, 3.8) is 0 Å². The van der Waals surface area contributed by atoms with Crippen LogP contribution in [0.5, 0.6) is 0 Å². The van der Waals surface area contributed by atoms with Gasteiger partial charge < -0.3 is 15.8 Å². The summed E-state index contributed by atoms with van der Waals surface area (Å²) in [5, 5.41) is 5.66. The van der Waals surface area contributed by atoms with E-state index in [0.717, 1.165) is 48.2 Å². The molecule has 1 atom stereocenters. The van der Waals surface area contributed by atoms with E-state index >= 15 is 0 Å². The van der Waals surface area contributed by atoms with Gasteiger partial charge in [0.2, 0.25) is 0 Å². The van der Waals surface area contributed by atoms with Crippen LogP contribution in [-0.4, -0.2) is 24.2 Å². The van der Waals surface area contributed by atoms with E-state index in [4.69, 9.17) is 10.5 Å². The van der Waals surface area contributed by atoms with E-state index in [-0.39, 0.29) is 0 Å². The maximum absolute atomic E-state index is 5.97. The average Bonchev–Trinajstić information content (AvgIpc) is 2.44. The molecule has 0 aliphatic carbocycles. The lowest BCUT2D eigenvalue weighted by molar-refractivity contribution is 0.0876. The number of nitrogens with zero attached hydrogens (tertiary/aromatic N) is 1. The van der Waals surface area contributed by atoms with Crippen LogP contribution < -0.4 is 11.1 Å². The van der Waals surface area contributed by atoms with Crippen molar-refractivity contribution in [3.8, 4) is 0 Å². The second kappa shape index (κ2) is 4.82. The number of nitrogens with two attached hydrogens (primary N) is 1. The Labute approximate surface area is 106 Å². The Hall–Kier alpha value is -1.81. The third-order valence-electron chi connectivity index (χ3n) is 3.37. The van der Waals surface area contributed by atoms with E-state index in [2.05, 4.69) is 10.3 Å². The second-order valence-electron chi connectivity index (χ2n) is 4.68. The lowest BCUT2D eigenvalue weighted by atomic mass is 10.1. The zero-order valence-corrected chi connectivity index (χ0v) is 10.2. The van der Waals surface area contributed by atoms with Gasteiger partial charge in [0.25, 0.3) is 0 Å². The number of anilines is 2. The van der Waals surface area contributed by atoms with E-state index in [1.54, 1.807) is 6.20 Å². The van der Waals surface area contributed by atoms with Crippen molar-refractivity contribution in [1.82, 2.24) is 4.98 Å². The normalized spacial score (nSPS) is 19.9. The van der Waals surface area contributed by atoms with Gasteiger partial charge in [0.15, 0.2) is 0 Å². The topological polar surface area (TPSA) is 60.2 Å². The van der Waals surface area contributed by atoms with Crippen LogP contribution in [0.25, 0.3) is 10.8 Å². The van der Waals surface area contributed by atoms with Crippen LogP contribution in [0, 0.1) is 0 Å². The predicted octanol–water partition coefficient (Wildman–Crippen LogP) is 2.41. The Kier molecular flexibility index (Phi) is 3.02. The Morgan fingerprint density at radius 2 is 2.22 bits per heavy atom. The van der Waals surface area contributed by atoms with Crippen molar-refractivity contribution in [1.29, 1.82) is 0 Å². The highest BCUT2D eigenvalue weighted by atomic mass is 16.5. The highest BCUT2D eigenvalue weighted by Crippen LogP contribution is 2.28. The molecule has 4 heteroatoms. The number of fused-ring (bicyclic) bond motifs is 1. The van der Waals surface area contributed by atoms with Crippen molar-refractivity contribution in [2.75, 3.05) is 24.3 Å². The lowest BCUT2D eigenvalue weighted by Gasteiger charge is -2.25. The van der Waals surface area contributed by atoms with E-state index in [0.29, 0.717) is 6.04 Å². The molecule has 1 unspecified atom stereocenters. The minimum atomic E-state index is 0.388. The molecule has 1 aliphatic rings. The molecule has 1 aliphatic heterocycles. The number of nitrogens with one attached hydrogen (secondary N) is 1. The highest BCUT2D eigenvalue weighted by molar-refractivity contribution is 6.00. The summed E-state index contributed by atoms with van der Waals surface area (Å²) in [6.07, 6.45) is 5.88. The largest absolute Gasteiger partial charge is 0.398 e. The van der Waals surface area contributed by atoms with Gasteiger partial charge in [-0.15, -0.1) is 0 Å². The number of hydrogen-bond donors (Lipinski definition) is 2. The molecule has 1 fully saturated rings. The van der Waals surface area contributed by atoms with Crippen LogP contribution in [-0.2, 0) is 4.74 Å². The van der Waals surface area contributed by atoms with E-state index in [9.17, 15) is 0 Å². The maximum atomic E-state index is 5.97. The third kappa shape index (κ3) is 2.11. The van der Waals surface area contributed by atoms with Crippen LogP contribution in [0.3, 0.4) is 0 Å². The first kappa shape index (κ1) is 11.3. The minimum Gasteiger partial charge on any atom is -0.398 e. The van der Waals surface area contributed by atoms with Crippen LogP contribution >= 0.6 is 0 Å². The lowest BCUT2D eigenvalue weighted by Crippen LogP contribution is -2.30. The molecule has 2 aromatic rings. The van der Waals surface area contributed by atoms with Crippen LogP contribution in [0.4, 0.5) is 11.4 Å². The maximum Gasteiger partial charge on any atom is 0.0667 e. The fraction of sp³-hybridized carbons (Fsp3) is 0.357. The monoisotopic (exact) mass is 243 g/mol. The Morgan fingerprint density at radius 1 is 1.28 bits per heavy atom. The molecule has 0 amide bonds.